The summed E-state index contributed by atoms with van der Waals surface area (Å²) >= 11 is 0. The number of carbonyl (C=O) groups excluding carboxylic acids is 1. The van der Waals surface area contributed by atoms with Crippen molar-refractivity contribution in [3.8, 4) is 11.6 Å². The van der Waals surface area contributed by atoms with Gasteiger partial charge in [-0.2, -0.15) is 5.10 Å². The van der Waals surface area contributed by atoms with Gasteiger partial charge in [0.25, 0.3) is 5.91 Å². The Kier molecular flexibility index (Phi) is 5.34. The first-order valence-corrected chi connectivity index (χ1v) is 9.32. The summed E-state index contributed by atoms with van der Waals surface area (Å²) in [5.41, 5.74) is 1.93. The van der Waals surface area contributed by atoms with Gasteiger partial charge in [0, 0.05) is 18.5 Å². The molecule has 0 aliphatic carbocycles. The summed E-state index contributed by atoms with van der Waals surface area (Å²) in [6.07, 6.45) is 5.56. The highest BCUT2D eigenvalue weighted by Gasteiger charge is 2.17. The average Bonchev–Trinajstić information content (AvgIpc) is 3.38. The standard InChI is InChI=1S/C21H22N4O3/c1-15-19(13-23-25(15)20-6-2-3-11-22-20)21(26)24-16-7-9-17(10-8-16)28-14-18-5-4-12-27-18/h2-3,6-11,13,18H,4-5,12,14H2,1H3,(H,24,26). The van der Waals surface area contributed by atoms with Gasteiger partial charge in [-0.15, -0.1) is 0 Å². The molecule has 1 aliphatic heterocycles. The van der Waals surface area contributed by atoms with E-state index < -0.39 is 0 Å². The van der Waals surface area contributed by atoms with E-state index in [9.17, 15) is 4.79 Å². The van der Waals surface area contributed by atoms with Crippen molar-refractivity contribution in [3.05, 3.63) is 66.1 Å². The highest BCUT2D eigenvalue weighted by atomic mass is 16.5. The summed E-state index contributed by atoms with van der Waals surface area (Å²) in [6, 6.07) is 12.9. The fraction of sp³-hybridized carbons (Fsp3) is 0.286. The van der Waals surface area contributed by atoms with Crippen molar-refractivity contribution in [3.63, 3.8) is 0 Å². The molecule has 1 N–H and O–H groups in total. The Labute approximate surface area is 163 Å². The summed E-state index contributed by atoms with van der Waals surface area (Å²) in [7, 11) is 0. The summed E-state index contributed by atoms with van der Waals surface area (Å²) in [5, 5.41) is 7.18. The number of nitrogens with zero attached hydrogens (tertiary/aromatic N) is 3. The van der Waals surface area contributed by atoms with Crippen molar-refractivity contribution < 1.29 is 14.3 Å². The monoisotopic (exact) mass is 378 g/mol. The molecule has 0 bridgehead atoms. The second-order valence-electron chi connectivity index (χ2n) is 6.67. The van der Waals surface area contributed by atoms with Gasteiger partial charge in [0.15, 0.2) is 5.82 Å². The zero-order valence-corrected chi connectivity index (χ0v) is 15.7. The van der Waals surface area contributed by atoms with Crippen molar-refractivity contribution in [2.45, 2.75) is 25.9 Å². The molecule has 0 saturated carbocycles. The molecule has 3 heterocycles. The lowest BCUT2D eigenvalue weighted by atomic mass is 10.2. The number of carbonyl (C=O) groups is 1. The maximum Gasteiger partial charge on any atom is 0.259 e. The Morgan fingerprint density at radius 2 is 2.14 bits per heavy atom. The second kappa shape index (κ2) is 8.22. The van der Waals surface area contributed by atoms with E-state index in [0.717, 1.165) is 30.9 Å². The van der Waals surface area contributed by atoms with Crippen LogP contribution in [0, 0.1) is 6.92 Å². The molecule has 0 radical (unpaired) electrons. The third-order valence-electron chi connectivity index (χ3n) is 4.69. The van der Waals surface area contributed by atoms with Gasteiger partial charge in [0.2, 0.25) is 0 Å². The quantitative estimate of drug-likeness (QED) is 0.711. The van der Waals surface area contributed by atoms with Gasteiger partial charge in [-0.3, -0.25) is 4.79 Å². The number of pyridine rings is 1. The lowest BCUT2D eigenvalue weighted by Gasteiger charge is -2.12. The van der Waals surface area contributed by atoms with E-state index in [4.69, 9.17) is 9.47 Å². The largest absolute Gasteiger partial charge is 0.491 e. The molecule has 3 aromatic rings. The Morgan fingerprint density at radius 1 is 1.29 bits per heavy atom. The van der Waals surface area contributed by atoms with Crippen LogP contribution in [0.2, 0.25) is 0 Å². The van der Waals surface area contributed by atoms with Gasteiger partial charge < -0.3 is 14.8 Å². The maximum atomic E-state index is 12.6. The van der Waals surface area contributed by atoms with E-state index in [-0.39, 0.29) is 12.0 Å². The van der Waals surface area contributed by atoms with Crippen LogP contribution in [0.15, 0.2) is 54.9 Å². The first kappa shape index (κ1) is 18.2. The second-order valence-corrected chi connectivity index (χ2v) is 6.67. The summed E-state index contributed by atoms with van der Waals surface area (Å²) in [5.74, 6) is 1.21. The molecule has 1 aliphatic rings. The SMILES string of the molecule is Cc1c(C(=O)Nc2ccc(OCC3CCCO3)cc2)cnn1-c1ccccn1. The topological polar surface area (TPSA) is 78.3 Å². The maximum absolute atomic E-state index is 12.6. The number of benzene rings is 1. The lowest BCUT2D eigenvalue weighted by molar-refractivity contribution is 0.0679. The van der Waals surface area contributed by atoms with Crippen molar-refractivity contribution in [1.82, 2.24) is 14.8 Å². The predicted molar refractivity (Wildman–Crippen MR) is 105 cm³/mol. The Balaban J connectivity index is 1.39. The van der Waals surface area contributed by atoms with Crippen molar-refractivity contribution in [2.24, 2.45) is 0 Å². The number of hydrogen-bond donors (Lipinski definition) is 1. The zero-order valence-electron chi connectivity index (χ0n) is 15.7. The predicted octanol–water partition coefficient (Wildman–Crippen LogP) is 3.39. The van der Waals surface area contributed by atoms with Gasteiger partial charge in [0.05, 0.1) is 23.6 Å². The number of aromatic nitrogens is 3. The van der Waals surface area contributed by atoms with Crippen LogP contribution in [-0.4, -0.2) is 40.0 Å². The molecule has 1 unspecified atom stereocenters. The third kappa shape index (κ3) is 4.04. The molecular formula is C21H22N4O3. The smallest absolute Gasteiger partial charge is 0.259 e. The van der Waals surface area contributed by atoms with Crippen LogP contribution in [0.1, 0.15) is 28.9 Å². The van der Waals surface area contributed by atoms with E-state index >= 15 is 0 Å². The first-order chi connectivity index (χ1) is 13.7. The normalized spacial score (nSPS) is 16.1. The minimum Gasteiger partial charge on any atom is -0.491 e. The lowest BCUT2D eigenvalue weighted by Crippen LogP contribution is -2.16. The van der Waals surface area contributed by atoms with E-state index in [1.807, 2.05) is 49.4 Å². The number of anilines is 1. The van der Waals surface area contributed by atoms with Crippen LogP contribution in [0.4, 0.5) is 5.69 Å². The van der Waals surface area contributed by atoms with Crippen LogP contribution in [0.25, 0.3) is 5.82 Å². The summed E-state index contributed by atoms with van der Waals surface area (Å²) in [6.45, 7) is 3.21. The molecule has 1 amide bonds. The number of ether oxygens (including phenoxy) is 2. The highest BCUT2D eigenvalue weighted by molar-refractivity contribution is 6.05. The van der Waals surface area contributed by atoms with E-state index in [2.05, 4.69) is 15.4 Å². The van der Waals surface area contributed by atoms with Crippen molar-refractivity contribution in [2.75, 3.05) is 18.5 Å². The van der Waals surface area contributed by atoms with Crippen molar-refractivity contribution >= 4 is 11.6 Å². The van der Waals surface area contributed by atoms with Gasteiger partial charge in [0.1, 0.15) is 12.4 Å². The molecule has 1 aromatic carbocycles. The fourth-order valence-corrected chi connectivity index (χ4v) is 3.14. The Morgan fingerprint density at radius 3 is 2.86 bits per heavy atom. The molecule has 7 heteroatoms. The number of nitrogens with one attached hydrogen (secondary N) is 1. The molecule has 7 nitrogen and oxygen atoms in total. The van der Waals surface area contributed by atoms with Crippen LogP contribution >= 0.6 is 0 Å². The Bertz CT molecular complexity index is 932. The highest BCUT2D eigenvalue weighted by Crippen LogP contribution is 2.20. The van der Waals surface area contributed by atoms with Gasteiger partial charge in [-0.25, -0.2) is 9.67 Å². The molecular weight excluding hydrogens is 356 g/mol. The molecule has 1 saturated heterocycles. The first-order valence-electron chi connectivity index (χ1n) is 9.32. The molecule has 144 valence electrons. The van der Waals surface area contributed by atoms with Crippen LogP contribution in [-0.2, 0) is 4.74 Å². The van der Waals surface area contributed by atoms with E-state index in [1.165, 1.54) is 0 Å². The van der Waals surface area contributed by atoms with Gasteiger partial charge >= 0.3 is 0 Å². The van der Waals surface area contributed by atoms with Crippen LogP contribution < -0.4 is 10.1 Å². The van der Waals surface area contributed by atoms with E-state index in [0.29, 0.717) is 23.7 Å². The van der Waals surface area contributed by atoms with Crippen LogP contribution in [0.5, 0.6) is 5.75 Å². The van der Waals surface area contributed by atoms with Gasteiger partial charge in [-0.05, 0) is 56.2 Å². The summed E-state index contributed by atoms with van der Waals surface area (Å²) < 4.78 is 12.9. The fourth-order valence-electron chi connectivity index (χ4n) is 3.14. The molecule has 4 rings (SSSR count). The zero-order chi connectivity index (χ0) is 19.3. The van der Waals surface area contributed by atoms with Crippen LogP contribution in [0.3, 0.4) is 0 Å². The number of hydrogen-bond acceptors (Lipinski definition) is 5. The minimum absolute atomic E-state index is 0.179. The van der Waals surface area contributed by atoms with Gasteiger partial charge in [-0.1, -0.05) is 6.07 Å². The molecule has 0 spiro atoms. The van der Waals surface area contributed by atoms with E-state index in [1.54, 1.807) is 17.1 Å². The molecule has 1 atom stereocenters. The summed E-state index contributed by atoms with van der Waals surface area (Å²) in [4.78, 5) is 16.9. The number of amides is 1. The minimum atomic E-state index is -0.215. The number of rotatable bonds is 6. The molecule has 1 fully saturated rings. The van der Waals surface area contributed by atoms with Crippen molar-refractivity contribution in [1.29, 1.82) is 0 Å². The molecule has 2 aromatic heterocycles. The third-order valence-corrected chi connectivity index (χ3v) is 4.69. The average molecular weight is 378 g/mol. The Hall–Kier alpha value is -3.19. The molecule has 28 heavy (non-hydrogen) atoms.